The summed E-state index contributed by atoms with van der Waals surface area (Å²) in [7, 11) is 0. The van der Waals surface area contributed by atoms with Crippen molar-refractivity contribution in [3.05, 3.63) is 18.2 Å². The molecule has 20 heavy (non-hydrogen) atoms. The lowest BCUT2D eigenvalue weighted by Crippen LogP contribution is -2.61. The summed E-state index contributed by atoms with van der Waals surface area (Å²) in [6, 6.07) is 0. The van der Waals surface area contributed by atoms with E-state index in [1.54, 1.807) is 0 Å². The Bertz CT molecular complexity index is 510. The fraction of sp³-hybridized carbons (Fsp3) is 0.500. The van der Waals surface area contributed by atoms with Crippen LogP contribution in [0.1, 0.15) is 17.4 Å². The van der Waals surface area contributed by atoms with E-state index in [0.29, 0.717) is 6.92 Å². The zero-order valence-electron chi connectivity index (χ0n) is 10.4. The van der Waals surface area contributed by atoms with Crippen LogP contribution >= 0.6 is 0 Å². The maximum Gasteiger partial charge on any atom is 0.415 e. The molecular formula is C10H13F3N4O3. The van der Waals surface area contributed by atoms with Crippen molar-refractivity contribution in [3.8, 4) is 0 Å². The van der Waals surface area contributed by atoms with Crippen molar-refractivity contribution in [2.75, 3.05) is 6.54 Å². The number of carbonyl (C=O) groups is 2. The third kappa shape index (κ3) is 3.47. The third-order valence-electron chi connectivity index (χ3n) is 2.57. The van der Waals surface area contributed by atoms with E-state index >= 15 is 0 Å². The highest BCUT2D eigenvalue weighted by atomic mass is 19.4. The molecule has 0 saturated carbocycles. The number of carbonyl (C=O) groups excluding carboxylic acids is 1. The number of rotatable bonds is 5. The van der Waals surface area contributed by atoms with Crippen LogP contribution in [0.4, 0.5) is 13.2 Å². The minimum atomic E-state index is -4.86. The van der Waals surface area contributed by atoms with Gasteiger partial charge in [-0.25, -0.2) is 9.78 Å². The summed E-state index contributed by atoms with van der Waals surface area (Å²) in [4.78, 5) is 25.4. The molecule has 10 heteroatoms. The van der Waals surface area contributed by atoms with Crippen LogP contribution in [0.3, 0.4) is 0 Å². The van der Waals surface area contributed by atoms with Crippen molar-refractivity contribution < 1.29 is 27.9 Å². The van der Waals surface area contributed by atoms with Gasteiger partial charge in [0.1, 0.15) is 0 Å². The van der Waals surface area contributed by atoms with Crippen LogP contribution in [0.15, 0.2) is 12.5 Å². The van der Waals surface area contributed by atoms with Crippen LogP contribution in [-0.4, -0.2) is 44.8 Å². The number of alkyl halides is 3. The van der Waals surface area contributed by atoms with Crippen LogP contribution < -0.4 is 11.1 Å². The number of hydrogen-bond acceptors (Lipinski definition) is 4. The molecule has 1 heterocycles. The molecule has 1 aromatic heterocycles. The van der Waals surface area contributed by atoms with Gasteiger partial charge in [-0.3, -0.25) is 4.79 Å². The Labute approximate surface area is 111 Å². The molecule has 4 N–H and O–H groups in total. The molecule has 0 aliphatic rings. The molecule has 1 amide bonds. The van der Waals surface area contributed by atoms with E-state index in [1.165, 1.54) is 17.1 Å². The van der Waals surface area contributed by atoms with E-state index in [9.17, 15) is 22.8 Å². The van der Waals surface area contributed by atoms with E-state index in [1.807, 2.05) is 5.32 Å². The molecule has 1 atom stereocenters. The number of carboxylic acid groups (broad SMARTS) is 1. The second-order valence-corrected chi connectivity index (χ2v) is 4.26. The fourth-order valence-electron chi connectivity index (χ4n) is 1.20. The van der Waals surface area contributed by atoms with Crippen molar-refractivity contribution >= 4 is 11.9 Å². The highest BCUT2D eigenvalue weighted by Crippen LogP contribution is 2.27. The second-order valence-electron chi connectivity index (χ2n) is 4.26. The van der Waals surface area contributed by atoms with Crippen LogP contribution in [0, 0.1) is 0 Å². The number of nitrogens with zero attached hydrogens (tertiary/aromatic N) is 2. The first kappa shape index (κ1) is 16.0. The van der Waals surface area contributed by atoms with Crippen LogP contribution in [0.25, 0.3) is 0 Å². The van der Waals surface area contributed by atoms with Gasteiger partial charge in [0.15, 0.2) is 11.2 Å². The summed E-state index contributed by atoms with van der Waals surface area (Å²) in [6.07, 6.45) is -2.47. The van der Waals surface area contributed by atoms with Gasteiger partial charge in [-0.2, -0.15) is 13.2 Å². The van der Waals surface area contributed by atoms with E-state index < -0.39 is 23.6 Å². The van der Waals surface area contributed by atoms with Gasteiger partial charge >= 0.3 is 12.1 Å². The quantitative estimate of drug-likeness (QED) is 0.706. The van der Waals surface area contributed by atoms with Gasteiger partial charge in [-0.1, -0.05) is 0 Å². The van der Waals surface area contributed by atoms with Gasteiger partial charge in [-0.15, -0.1) is 0 Å². The number of carboxylic acids is 1. The van der Waals surface area contributed by atoms with E-state index in [0.717, 1.165) is 0 Å². The molecule has 0 radical (unpaired) electrons. The fourth-order valence-corrected chi connectivity index (χ4v) is 1.20. The van der Waals surface area contributed by atoms with Crippen molar-refractivity contribution in [1.29, 1.82) is 0 Å². The number of nitrogens with two attached hydrogens (primary N) is 1. The molecule has 0 aliphatic heterocycles. The second kappa shape index (κ2) is 5.49. The zero-order chi connectivity index (χ0) is 15.6. The summed E-state index contributed by atoms with van der Waals surface area (Å²) >= 11 is 0. The lowest BCUT2D eigenvalue weighted by Gasteiger charge is -2.26. The van der Waals surface area contributed by atoms with Crippen molar-refractivity contribution in [2.45, 2.75) is 25.2 Å². The summed E-state index contributed by atoms with van der Waals surface area (Å²) in [6.45, 7) is 0.499. The number of aromatic nitrogens is 2. The normalized spacial score (nSPS) is 14.7. The highest BCUT2D eigenvalue weighted by Gasteiger charge is 2.53. The molecule has 7 nitrogen and oxygen atoms in total. The van der Waals surface area contributed by atoms with E-state index in [2.05, 4.69) is 4.98 Å². The number of aromatic carboxylic acids is 1. The molecule has 1 aromatic rings. The standard InChI is InChI=1S/C10H13F3N4O3/c1-9(14,10(11,12)13)8(20)15-2-3-17-4-6(7(18)19)16-5-17/h4-5H,2-3,14H2,1H3,(H,15,20)(H,18,19). The first-order chi connectivity index (χ1) is 9.05. The van der Waals surface area contributed by atoms with E-state index in [-0.39, 0.29) is 18.8 Å². The van der Waals surface area contributed by atoms with Gasteiger partial charge in [0.05, 0.1) is 6.33 Å². The minimum absolute atomic E-state index is 0.0694. The monoisotopic (exact) mass is 294 g/mol. The molecule has 1 unspecified atom stereocenters. The molecule has 0 bridgehead atoms. The average molecular weight is 294 g/mol. The molecular weight excluding hydrogens is 281 g/mol. The summed E-state index contributed by atoms with van der Waals surface area (Å²) < 4.78 is 38.7. The summed E-state index contributed by atoms with van der Waals surface area (Å²) in [5.74, 6) is -2.58. The van der Waals surface area contributed by atoms with Crippen molar-refractivity contribution in [1.82, 2.24) is 14.9 Å². The lowest BCUT2D eigenvalue weighted by atomic mass is 10.0. The molecule has 0 spiro atoms. The van der Waals surface area contributed by atoms with E-state index in [4.69, 9.17) is 10.8 Å². The van der Waals surface area contributed by atoms with Crippen molar-refractivity contribution in [2.24, 2.45) is 5.73 Å². The maximum absolute atomic E-state index is 12.5. The number of imidazole rings is 1. The Hall–Kier alpha value is -2.10. The molecule has 112 valence electrons. The molecule has 0 fully saturated rings. The molecule has 1 rings (SSSR count). The Morgan fingerprint density at radius 2 is 2.10 bits per heavy atom. The van der Waals surface area contributed by atoms with Crippen LogP contribution in [0.5, 0.6) is 0 Å². The molecule has 0 saturated heterocycles. The van der Waals surface area contributed by atoms with Crippen LogP contribution in [-0.2, 0) is 11.3 Å². The smallest absolute Gasteiger partial charge is 0.415 e. The van der Waals surface area contributed by atoms with Crippen LogP contribution in [0.2, 0.25) is 0 Å². The van der Waals surface area contributed by atoms with Gasteiger partial charge < -0.3 is 20.7 Å². The first-order valence-electron chi connectivity index (χ1n) is 5.44. The predicted octanol–water partition coefficient (Wildman–Crippen LogP) is -0.0228. The van der Waals surface area contributed by atoms with Gasteiger partial charge in [0.2, 0.25) is 5.91 Å². The summed E-state index contributed by atoms with van der Waals surface area (Å²) in [5, 5.41) is 10.7. The van der Waals surface area contributed by atoms with Gasteiger partial charge in [0, 0.05) is 19.3 Å². The highest BCUT2D eigenvalue weighted by molar-refractivity contribution is 5.86. The largest absolute Gasteiger partial charge is 0.476 e. The Kier molecular flexibility index (Phi) is 4.38. The molecule has 0 aromatic carbocycles. The maximum atomic E-state index is 12.5. The Balaban J connectivity index is 2.52. The average Bonchev–Trinajstić information content (AvgIpc) is 2.76. The van der Waals surface area contributed by atoms with Gasteiger partial charge in [-0.05, 0) is 6.92 Å². The first-order valence-corrected chi connectivity index (χ1v) is 5.44. The number of amides is 1. The number of nitrogens with one attached hydrogen (secondary N) is 1. The minimum Gasteiger partial charge on any atom is -0.476 e. The third-order valence-corrected chi connectivity index (χ3v) is 2.57. The molecule has 0 aliphatic carbocycles. The number of hydrogen-bond donors (Lipinski definition) is 3. The summed E-state index contributed by atoms with van der Waals surface area (Å²) in [5.41, 5.74) is 1.75. The lowest BCUT2D eigenvalue weighted by molar-refractivity contribution is -0.187. The topological polar surface area (TPSA) is 110 Å². The number of halogens is 3. The Morgan fingerprint density at radius 3 is 2.55 bits per heavy atom. The SMILES string of the molecule is CC(N)(C(=O)NCCn1cnc(C(=O)O)c1)C(F)(F)F. The van der Waals surface area contributed by atoms with Crippen molar-refractivity contribution in [3.63, 3.8) is 0 Å². The zero-order valence-corrected chi connectivity index (χ0v) is 10.4. The van der Waals surface area contributed by atoms with Gasteiger partial charge in [0.25, 0.3) is 0 Å². The predicted molar refractivity (Wildman–Crippen MR) is 60.8 cm³/mol. The Morgan fingerprint density at radius 1 is 1.50 bits per heavy atom.